The molecule has 0 radical (unpaired) electrons. The Labute approximate surface area is 165 Å². The Hall–Kier alpha value is -2.60. The largest absolute Gasteiger partial charge is 0.509 e. The predicted octanol–water partition coefficient (Wildman–Crippen LogP) is 3.50. The molecule has 0 aromatic heterocycles. The second-order valence-electron chi connectivity index (χ2n) is 7.21. The number of aliphatic hydroxyl groups excluding tert-OH is 5. The molecule has 0 spiro atoms. The van der Waals surface area contributed by atoms with Crippen molar-refractivity contribution in [2.24, 2.45) is 0 Å². The van der Waals surface area contributed by atoms with E-state index in [2.05, 4.69) is 0 Å². The molecular weight excluding hydrogens is 356 g/mol. The number of hydrogen-bond donors (Lipinski definition) is 5. The van der Waals surface area contributed by atoms with Gasteiger partial charge in [-0.3, -0.25) is 0 Å². The molecule has 0 fully saturated rings. The van der Waals surface area contributed by atoms with Crippen molar-refractivity contribution in [3.8, 4) is 0 Å². The lowest BCUT2D eigenvalue weighted by Gasteiger charge is -2.22. The highest BCUT2D eigenvalue weighted by molar-refractivity contribution is 5.55. The van der Waals surface area contributed by atoms with Crippen LogP contribution in [0, 0.1) is 27.7 Å². The van der Waals surface area contributed by atoms with Gasteiger partial charge in [-0.1, -0.05) is 36.4 Å². The van der Waals surface area contributed by atoms with Crippen molar-refractivity contribution >= 4 is 12.2 Å². The van der Waals surface area contributed by atoms with Crippen molar-refractivity contribution in [2.45, 2.75) is 46.0 Å². The van der Waals surface area contributed by atoms with Crippen LogP contribution in [0.1, 0.15) is 33.4 Å². The van der Waals surface area contributed by atoms with Gasteiger partial charge in [-0.15, -0.1) is 0 Å². The van der Waals surface area contributed by atoms with Gasteiger partial charge in [-0.05, 0) is 73.2 Å². The van der Waals surface area contributed by atoms with Crippen molar-refractivity contribution in [1.82, 2.24) is 0 Å². The lowest BCUT2D eigenvalue weighted by molar-refractivity contribution is -0.0540. The van der Waals surface area contributed by atoms with Crippen molar-refractivity contribution < 1.29 is 25.5 Å². The molecule has 150 valence electrons. The topological polar surface area (TPSA) is 101 Å². The van der Waals surface area contributed by atoms with E-state index in [4.69, 9.17) is 0 Å². The zero-order valence-corrected chi connectivity index (χ0v) is 16.6. The second kappa shape index (κ2) is 9.06. The first-order valence-electron chi connectivity index (χ1n) is 9.10. The fourth-order valence-electron chi connectivity index (χ4n) is 2.74. The molecule has 2 rings (SSSR count). The monoisotopic (exact) mass is 384 g/mol. The van der Waals surface area contributed by atoms with E-state index in [1.165, 1.54) is 12.2 Å². The van der Waals surface area contributed by atoms with E-state index in [-0.39, 0.29) is 0 Å². The minimum atomic E-state index is -1.80. The fourth-order valence-corrected chi connectivity index (χ4v) is 2.74. The summed E-state index contributed by atoms with van der Waals surface area (Å²) in [5.74, 6) is -1.01. The van der Waals surface area contributed by atoms with Crippen LogP contribution in [0.15, 0.2) is 47.9 Å². The van der Waals surface area contributed by atoms with Crippen LogP contribution in [-0.2, 0) is 0 Å². The van der Waals surface area contributed by atoms with Gasteiger partial charge in [0.15, 0.2) is 0 Å². The minimum absolute atomic E-state index is 0.506. The highest BCUT2D eigenvalue weighted by atomic mass is 16.4. The molecule has 0 heterocycles. The Balaban J connectivity index is 2.16. The van der Waals surface area contributed by atoms with Crippen molar-refractivity contribution in [3.05, 3.63) is 81.3 Å². The molecule has 0 aliphatic carbocycles. The van der Waals surface area contributed by atoms with Gasteiger partial charge in [0.1, 0.15) is 29.8 Å². The van der Waals surface area contributed by atoms with Crippen LogP contribution in [0.3, 0.4) is 0 Å². The molecule has 5 nitrogen and oxygen atoms in total. The lowest BCUT2D eigenvalue weighted by Crippen LogP contribution is -2.39. The smallest absolute Gasteiger partial charge is 0.140 e. The molecule has 0 amide bonds. The van der Waals surface area contributed by atoms with Gasteiger partial charge in [-0.2, -0.15) is 0 Å². The molecule has 5 heteroatoms. The average molecular weight is 384 g/mol. The highest BCUT2D eigenvalue weighted by Crippen LogP contribution is 2.19. The lowest BCUT2D eigenvalue weighted by atomic mass is 10.00. The van der Waals surface area contributed by atoms with Crippen molar-refractivity contribution in [3.63, 3.8) is 0 Å². The van der Waals surface area contributed by atoms with Crippen molar-refractivity contribution in [2.75, 3.05) is 0 Å². The van der Waals surface area contributed by atoms with Gasteiger partial charge in [-0.25, -0.2) is 0 Å². The van der Waals surface area contributed by atoms with Gasteiger partial charge in [0, 0.05) is 0 Å². The molecule has 5 N–H and O–H groups in total. The highest BCUT2D eigenvalue weighted by Gasteiger charge is 2.30. The minimum Gasteiger partial charge on any atom is -0.509 e. The van der Waals surface area contributed by atoms with Crippen LogP contribution in [0.2, 0.25) is 0 Å². The van der Waals surface area contributed by atoms with Crippen LogP contribution in [-0.4, -0.2) is 43.8 Å². The Kier molecular flexibility index (Phi) is 7.02. The molecule has 0 saturated heterocycles. The van der Waals surface area contributed by atoms with Crippen LogP contribution in [0.4, 0.5) is 0 Å². The maximum absolute atomic E-state index is 10.2. The summed E-state index contributed by atoms with van der Waals surface area (Å²) >= 11 is 0. The molecule has 0 bridgehead atoms. The molecule has 2 aromatic carbocycles. The normalized spacial score (nSPS) is 16.0. The van der Waals surface area contributed by atoms with Gasteiger partial charge < -0.3 is 25.5 Å². The van der Waals surface area contributed by atoms with E-state index >= 15 is 0 Å². The van der Waals surface area contributed by atoms with E-state index in [1.54, 1.807) is 12.1 Å². The quantitative estimate of drug-likeness (QED) is 0.491. The number of benzene rings is 2. The summed E-state index contributed by atoms with van der Waals surface area (Å²) in [6.07, 6.45) is -2.68. The fraction of sp³-hybridized carbons (Fsp3) is 0.304. The van der Waals surface area contributed by atoms with Gasteiger partial charge >= 0.3 is 0 Å². The van der Waals surface area contributed by atoms with E-state index in [9.17, 15) is 25.5 Å². The summed E-state index contributed by atoms with van der Waals surface area (Å²) in [6, 6.07) is 11.0. The van der Waals surface area contributed by atoms with E-state index < -0.39 is 29.8 Å². The molecular formula is C23H28O5. The summed E-state index contributed by atoms with van der Waals surface area (Å²) in [4.78, 5) is 0. The molecule has 0 aliphatic rings. The molecule has 1 unspecified atom stereocenters. The van der Waals surface area contributed by atoms with Gasteiger partial charge in [0.25, 0.3) is 0 Å². The number of aliphatic hydroxyl groups is 5. The third-order valence-corrected chi connectivity index (χ3v) is 4.94. The number of rotatable bonds is 6. The first-order valence-corrected chi connectivity index (χ1v) is 9.10. The Bertz CT molecular complexity index is 824. The van der Waals surface area contributed by atoms with Crippen LogP contribution >= 0.6 is 0 Å². The molecule has 0 aliphatic heterocycles. The summed E-state index contributed by atoms with van der Waals surface area (Å²) in [7, 11) is 0. The zero-order valence-electron chi connectivity index (χ0n) is 16.6. The van der Waals surface area contributed by atoms with E-state index in [0.29, 0.717) is 11.1 Å². The van der Waals surface area contributed by atoms with E-state index in [1.807, 2.05) is 52.0 Å². The summed E-state index contributed by atoms with van der Waals surface area (Å²) in [5.41, 5.74) is 5.52. The van der Waals surface area contributed by atoms with Gasteiger partial charge in [0.2, 0.25) is 0 Å². The average Bonchev–Trinajstić information content (AvgIpc) is 2.65. The Morgan fingerprint density at radius 1 is 0.643 bits per heavy atom. The molecule has 3 atom stereocenters. The molecule has 0 saturated carbocycles. The summed E-state index contributed by atoms with van der Waals surface area (Å²) in [6.45, 7) is 7.77. The second-order valence-corrected chi connectivity index (χ2v) is 7.21. The predicted molar refractivity (Wildman–Crippen MR) is 111 cm³/mol. The number of aryl methyl sites for hydroxylation is 4. The maximum atomic E-state index is 10.2. The standard InChI is InChI=1S/C23H28O5/c1-13-5-7-17(9-15(13)3)11-19(24)21(26)23(28)22(27)20(25)12-18-8-6-14(2)16(4)10-18/h5-12,21-28H,1-4H3/t21-,22+,23?. The molecule has 2 aromatic rings. The van der Waals surface area contributed by atoms with Crippen LogP contribution in [0.25, 0.3) is 12.2 Å². The SMILES string of the molecule is Cc1ccc(C=C(O)[C@@H](O)C(O)[C@@H](O)C(O)=Cc2ccc(C)c(C)c2)cc1C. The first kappa shape index (κ1) is 21.7. The maximum Gasteiger partial charge on any atom is 0.140 e. The summed E-state index contributed by atoms with van der Waals surface area (Å²) < 4.78 is 0. The zero-order chi connectivity index (χ0) is 21.0. The first-order chi connectivity index (χ1) is 13.1. The third kappa shape index (κ3) is 5.23. The molecule has 28 heavy (non-hydrogen) atoms. The van der Waals surface area contributed by atoms with Crippen LogP contribution in [0.5, 0.6) is 0 Å². The van der Waals surface area contributed by atoms with Crippen molar-refractivity contribution in [1.29, 1.82) is 0 Å². The van der Waals surface area contributed by atoms with Gasteiger partial charge in [0.05, 0.1) is 0 Å². The van der Waals surface area contributed by atoms with E-state index in [0.717, 1.165) is 22.3 Å². The third-order valence-electron chi connectivity index (χ3n) is 4.94. The Morgan fingerprint density at radius 2 is 1.00 bits per heavy atom. The number of hydrogen-bond acceptors (Lipinski definition) is 5. The summed E-state index contributed by atoms with van der Waals surface area (Å²) in [5, 5.41) is 50.8. The Morgan fingerprint density at radius 3 is 1.32 bits per heavy atom. The van der Waals surface area contributed by atoms with Crippen LogP contribution < -0.4 is 0 Å².